The van der Waals surface area contributed by atoms with Crippen LogP contribution >= 0.6 is 0 Å². The van der Waals surface area contributed by atoms with E-state index in [1.165, 1.54) is 19.4 Å². The van der Waals surface area contributed by atoms with Crippen molar-refractivity contribution in [2.24, 2.45) is 5.92 Å². The average Bonchev–Trinajstić information content (AvgIpc) is 2.51. The molecule has 0 radical (unpaired) electrons. The summed E-state index contributed by atoms with van der Waals surface area (Å²) >= 11 is 0. The molecule has 1 aliphatic heterocycles. The topological polar surface area (TPSA) is 24.5 Å². The summed E-state index contributed by atoms with van der Waals surface area (Å²) in [5, 5.41) is 3.51. The molecule has 3 heteroatoms. The highest BCUT2D eigenvalue weighted by atomic mass is 16.5. The van der Waals surface area contributed by atoms with Crippen molar-refractivity contribution < 1.29 is 4.74 Å². The molecule has 1 aliphatic rings. The lowest BCUT2D eigenvalue weighted by Gasteiger charge is -2.15. The Bertz CT molecular complexity index is 150. The molecule has 2 unspecified atom stereocenters. The van der Waals surface area contributed by atoms with Gasteiger partial charge < -0.3 is 15.0 Å². The molecular weight excluding hydrogens is 176 g/mol. The van der Waals surface area contributed by atoms with E-state index in [0.29, 0.717) is 6.10 Å². The summed E-state index contributed by atoms with van der Waals surface area (Å²) < 4.78 is 5.51. The fraction of sp³-hybridized carbons (Fsp3) is 1.00. The Kier molecular flexibility index (Phi) is 5.45. The maximum Gasteiger partial charge on any atom is 0.0588 e. The predicted molar refractivity (Wildman–Crippen MR) is 59.6 cm³/mol. The van der Waals surface area contributed by atoms with E-state index < -0.39 is 0 Å². The first-order chi connectivity index (χ1) is 6.70. The van der Waals surface area contributed by atoms with Gasteiger partial charge in [-0.15, -0.1) is 0 Å². The summed E-state index contributed by atoms with van der Waals surface area (Å²) in [4.78, 5) is 2.23. The number of hydrogen-bond donors (Lipinski definition) is 1. The van der Waals surface area contributed by atoms with E-state index in [1.54, 1.807) is 0 Å². The lowest BCUT2D eigenvalue weighted by atomic mass is 10.0. The van der Waals surface area contributed by atoms with Crippen LogP contribution in [-0.4, -0.2) is 51.3 Å². The number of rotatable bonds is 6. The minimum atomic E-state index is 0.455. The normalized spacial score (nSPS) is 27.4. The fourth-order valence-electron chi connectivity index (χ4n) is 1.85. The number of nitrogens with one attached hydrogen (secondary N) is 1. The second-order valence-corrected chi connectivity index (χ2v) is 4.49. The molecule has 0 aromatic carbocycles. The van der Waals surface area contributed by atoms with E-state index in [1.807, 2.05) is 0 Å². The average molecular weight is 200 g/mol. The third-order valence-corrected chi connectivity index (χ3v) is 2.90. The van der Waals surface area contributed by atoms with Crippen LogP contribution in [0.1, 0.15) is 19.8 Å². The van der Waals surface area contributed by atoms with E-state index in [4.69, 9.17) is 4.74 Å². The van der Waals surface area contributed by atoms with E-state index in [0.717, 1.165) is 25.6 Å². The van der Waals surface area contributed by atoms with Gasteiger partial charge in [0.25, 0.3) is 0 Å². The summed E-state index contributed by atoms with van der Waals surface area (Å²) in [6, 6.07) is 0. The molecule has 84 valence electrons. The van der Waals surface area contributed by atoms with Crippen molar-refractivity contribution >= 4 is 0 Å². The molecule has 0 amide bonds. The number of nitrogens with zero attached hydrogens (tertiary/aromatic N) is 1. The summed E-state index contributed by atoms with van der Waals surface area (Å²) in [5.74, 6) is 0.731. The molecule has 1 heterocycles. The highest BCUT2D eigenvalue weighted by Gasteiger charge is 2.23. The third-order valence-electron chi connectivity index (χ3n) is 2.90. The van der Waals surface area contributed by atoms with Gasteiger partial charge in [-0.05, 0) is 52.9 Å². The summed E-state index contributed by atoms with van der Waals surface area (Å²) in [7, 11) is 4.24. The highest BCUT2D eigenvalue weighted by molar-refractivity contribution is 4.74. The molecule has 0 spiro atoms. The molecular formula is C11H24N2O. The first-order valence-electron chi connectivity index (χ1n) is 5.67. The highest BCUT2D eigenvalue weighted by Crippen LogP contribution is 2.18. The summed E-state index contributed by atoms with van der Waals surface area (Å²) in [5.41, 5.74) is 0. The Hall–Kier alpha value is -0.120. The van der Waals surface area contributed by atoms with E-state index in [-0.39, 0.29) is 0 Å². The molecule has 3 nitrogen and oxygen atoms in total. The quantitative estimate of drug-likeness (QED) is 0.646. The number of ether oxygens (including phenoxy) is 1. The Morgan fingerprint density at radius 1 is 1.43 bits per heavy atom. The van der Waals surface area contributed by atoms with Gasteiger partial charge in [0, 0.05) is 13.2 Å². The van der Waals surface area contributed by atoms with Gasteiger partial charge in [0.15, 0.2) is 0 Å². The second-order valence-electron chi connectivity index (χ2n) is 4.49. The Morgan fingerprint density at radius 3 is 2.79 bits per heavy atom. The van der Waals surface area contributed by atoms with Crippen molar-refractivity contribution in [2.45, 2.75) is 25.9 Å². The van der Waals surface area contributed by atoms with Gasteiger partial charge in [-0.2, -0.15) is 0 Å². The molecule has 0 aromatic rings. The van der Waals surface area contributed by atoms with Crippen molar-refractivity contribution in [1.82, 2.24) is 10.2 Å². The second kappa shape index (κ2) is 6.38. The lowest BCUT2D eigenvalue weighted by molar-refractivity contribution is 0.105. The summed E-state index contributed by atoms with van der Waals surface area (Å²) in [6.07, 6.45) is 2.91. The fourth-order valence-corrected chi connectivity index (χ4v) is 1.85. The van der Waals surface area contributed by atoms with Gasteiger partial charge in [-0.1, -0.05) is 0 Å². The Balaban J connectivity index is 1.93. The van der Waals surface area contributed by atoms with Gasteiger partial charge in [0.05, 0.1) is 6.10 Å². The van der Waals surface area contributed by atoms with Crippen LogP contribution in [0.4, 0.5) is 0 Å². The third kappa shape index (κ3) is 4.40. The van der Waals surface area contributed by atoms with E-state index >= 15 is 0 Å². The SMILES string of the molecule is CC1OCCC1CNCCCN(C)C. The molecule has 1 saturated heterocycles. The van der Waals surface area contributed by atoms with E-state index in [2.05, 4.69) is 31.2 Å². The van der Waals surface area contributed by atoms with Crippen LogP contribution in [0.2, 0.25) is 0 Å². The zero-order valence-corrected chi connectivity index (χ0v) is 9.75. The first-order valence-corrected chi connectivity index (χ1v) is 5.67. The lowest BCUT2D eigenvalue weighted by Crippen LogP contribution is -2.29. The van der Waals surface area contributed by atoms with Gasteiger partial charge in [0.1, 0.15) is 0 Å². The largest absolute Gasteiger partial charge is 0.378 e. The molecule has 0 saturated carbocycles. The van der Waals surface area contributed by atoms with Crippen LogP contribution < -0.4 is 5.32 Å². The van der Waals surface area contributed by atoms with Crippen LogP contribution in [0.3, 0.4) is 0 Å². The first kappa shape index (κ1) is 12.0. The minimum Gasteiger partial charge on any atom is -0.378 e. The van der Waals surface area contributed by atoms with Crippen LogP contribution in [0, 0.1) is 5.92 Å². The molecule has 1 N–H and O–H groups in total. The smallest absolute Gasteiger partial charge is 0.0588 e. The molecule has 0 bridgehead atoms. The molecule has 2 atom stereocenters. The molecule has 14 heavy (non-hydrogen) atoms. The van der Waals surface area contributed by atoms with Crippen LogP contribution in [0.5, 0.6) is 0 Å². The maximum atomic E-state index is 5.51. The molecule has 0 aromatic heterocycles. The van der Waals surface area contributed by atoms with Crippen molar-refractivity contribution in [1.29, 1.82) is 0 Å². The maximum absolute atomic E-state index is 5.51. The minimum absolute atomic E-state index is 0.455. The zero-order valence-electron chi connectivity index (χ0n) is 9.75. The van der Waals surface area contributed by atoms with Gasteiger partial charge in [-0.25, -0.2) is 0 Å². The van der Waals surface area contributed by atoms with Gasteiger partial charge >= 0.3 is 0 Å². The zero-order chi connectivity index (χ0) is 10.4. The Labute approximate surface area is 87.8 Å². The molecule has 1 fully saturated rings. The number of hydrogen-bond acceptors (Lipinski definition) is 3. The van der Waals surface area contributed by atoms with E-state index in [9.17, 15) is 0 Å². The Morgan fingerprint density at radius 2 is 2.21 bits per heavy atom. The standard InChI is InChI=1S/C11H24N2O/c1-10-11(5-8-14-10)9-12-6-4-7-13(2)3/h10-12H,4-9H2,1-3H3. The molecule has 1 rings (SSSR count). The van der Waals surface area contributed by atoms with Crippen LogP contribution in [0.25, 0.3) is 0 Å². The van der Waals surface area contributed by atoms with Crippen molar-refractivity contribution in [2.75, 3.05) is 40.3 Å². The van der Waals surface area contributed by atoms with Gasteiger partial charge in [-0.3, -0.25) is 0 Å². The van der Waals surface area contributed by atoms with Gasteiger partial charge in [0.2, 0.25) is 0 Å². The van der Waals surface area contributed by atoms with Crippen molar-refractivity contribution in [3.63, 3.8) is 0 Å². The van der Waals surface area contributed by atoms with Crippen molar-refractivity contribution in [3.8, 4) is 0 Å². The van der Waals surface area contributed by atoms with Crippen LogP contribution in [0.15, 0.2) is 0 Å². The predicted octanol–water partition coefficient (Wildman–Crippen LogP) is 0.953. The van der Waals surface area contributed by atoms with Crippen LogP contribution in [-0.2, 0) is 4.74 Å². The monoisotopic (exact) mass is 200 g/mol. The molecule has 0 aliphatic carbocycles. The summed E-state index contributed by atoms with van der Waals surface area (Å²) in [6.45, 7) is 6.55. The van der Waals surface area contributed by atoms with Crippen molar-refractivity contribution in [3.05, 3.63) is 0 Å².